The van der Waals surface area contributed by atoms with Gasteiger partial charge in [0.2, 0.25) is 0 Å². The normalized spacial score (nSPS) is 10.3. The standard InChI is InChI=1S/C20H17ClN2O3S/c1-25-17-11-15(21)16(12-18(17)26-2)23-19(24)14-9-6-10-22-20(14)27-13-7-4-3-5-8-13/h3-12H,1-2H3,(H,23,24). The third kappa shape index (κ3) is 4.53. The Hall–Kier alpha value is -2.70. The molecule has 27 heavy (non-hydrogen) atoms. The van der Waals surface area contributed by atoms with E-state index in [0.717, 1.165) is 4.90 Å². The second-order valence-corrected chi connectivity index (χ2v) is 6.88. The van der Waals surface area contributed by atoms with E-state index in [9.17, 15) is 4.79 Å². The zero-order chi connectivity index (χ0) is 19.2. The molecule has 0 radical (unpaired) electrons. The van der Waals surface area contributed by atoms with E-state index in [2.05, 4.69) is 10.3 Å². The van der Waals surface area contributed by atoms with Crippen LogP contribution in [0.2, 0.25) is 5.02 Å². The molecular weight excluding hydrogens is 384 g/mol. The average molecular weight is 401 g/mol. The maximum Gasteiger partial charge on any atom is 0.258 e. The maximum atomic E-state index is 12.8. The summed E-state index contributed by atoms with van der Waals surface area (Å²) in [6, 6.07) is 16.4. The van der Waals surface area contributed by atoms with Crippen molar-refractivity contribution in [2.24, 2.45) is 0 Å². The first-order valence-corrected chi connectivity index (χ1v) is 9.22. The van der Waals surface area contributed by atoms with Gasteiger partial charge in [0.05, 0.1) is 30.5 Å². The van der Waals surface area contributed by atoms with Gasteiger partial charge in [-0.05, 0) is 24.3 Å². The quantitative estimate of drug-likeness (QED) is 0.619. The van der Waals surface area contributed by atoms with Gasteiger partial charge in [0, 0.05) is 23.2 Å². The molecule has 0 saturated heterocycles. The zero-order valence-corrected chi connectivity index (χ0v) is 16.3. The van der Waals surface area contributed by atoms with Crippen LogP contribution < -0.4 is 14.8 Å². The van der Waals surface area contributed by atoms with E-state index in [1.807, 2.05) is 30.3 Å². The van der Waals surface area contributed by atoms with Crippen LogP contribution in [0.15, 0.2) is 70.7 Å². The number of anilines is 1. The number of methoxy groups -OCH3 is 2. The Morgan fingerprint density at radius 2 is 1.74 bits per heavy atom. The lowest BCUT2D eigenvalue weighted by molar-refractivity contribution is 0.102. The van der Waals surface area contributed by atoms with Gasteiger partial charge in [-0.3, -0.25) is 4.79 Å². The fraction of sp³-hybridized carbons (Fsp3) is 0.100. The van der Waals surface area contributed by atoms with Crippen molar-refractivity contribution in [2.75, 3.05) is 19.5 Å². The molecule has 7 heteroatoms. The lowest BCUT2D eigenvalue weighted by Gasteiger charge is -2.13. The van der Waals surface area contributed by atoms with Crippen LogP contribution in [0.1, 0.15) is 10.4 Å². The molecule has 0 unspecified atom stereocenters. The number of amides is 1. The number of aromatic nitrogens is 1. The van der Waals surface area contributed by atoms with Gasteiger partial charge in [0.1, 0.15) is 5.03 Å². The molecule has 0 bridgehead atoms. The topological polar surface area (TPSA) is 60.5 Å². The average Bonchev–Trinajstić information content (AvgIpc) is 2.70. The summed E-state index contributed by atoms with van der Waals surface area (Å²) in [5.74, 6) is 0.653. The van der Waals surface area contributed by atoms with Crippen LogP contribution in [0.25, 0.3) is 0 Å². The predicted octanol–water partition coefficient (Wildman–Crippen LogP) is 5.16. The van der Waals surface area contributed by atoms with Gasteiger partial charge < -0.3 is 14.8 Å². The summed E-state index contributed by atoms with van der Waals surface area (Å²) in [5, 5.41) is 3.78. The van der Waals surface area contributed by atoms with Gasteiger partial charge in [-0.15, -0.1) is 0 Å². The molecule has 0 aliphatic rings. The summed E-state index contributed by atoms with van der Waals surface area (Å²) >= 11 is 7.69. The minimum absolute atomic E-state index is 0.310. The second-order valence-electron chi connectivity index (χ2n) is 5.41. The van der Waals surface area contributed by atoms with Crippen molar-refractivity contribution in [1.82, 2.24) is 4.98 Å². The van der Waals surface area contributed by atoms with E-state index in [0.29, 0.717) is 32.8 Å². The lowest BCUT2D eigenvalue weighted by atomic mass is 10.2. The van der Waals surface area contributed by atoms with Gasteiger partial charge in [-0.25, -0.2) is 4.98 Å². The summed E-state index contributed by atoms with van der Waals surface area (Å²) < 4.78 is 10.5. The number of carbonyl (C=O) groups excluding carboxylic acids is 1. The number of hydrogen-bond acceptors (Lipinski definition) is 5. The highest BCUT2D eigenvalue weighted by atomic mass is 35.5. The molecule has 0 aliphatic carbocycles. The van der Waals surface area contributed by atoms with Gasteiger partial charge in [-0.1, -0.05) is 41.6 Å². The Balaban J connectivity index is 1.87. The van der Waals surface area contributed by atoms with Crippen molar-refractivity contribution in [3.8, 4) is 11.5 Å². The van der Waals surface area contributed by atoms with Gasteiger partial charge >= 0.3 is 0 Å². The Morgan fingerprint density at radius 3 is 2.44 bits per heavy atom. The molecular formula is C20H17ClN2O3S. The van der Waals surface area contributed by atoms with E-state index in [4.69, 9.17) is 21.1 Å². The summed E-state index contributed by atoms with van der Waals surface area (Å²) in [6.45, 7) is 0. The lowest BCUT2D eigenvalue weighted by Crippen LogP contribution is -2.14. The van der Waals surface area contributed by atoms with Gasteiger partial charge in [0.25, 0.3) is 5.91 Å². The minimum Gasteiger partial charge on any atom is -0.493 e. The molecule has 0 aliphatic heterocycles. The summed E-state index contributed by atoms with van der Waals surface area (Å²) in [4.78, 5) is 18.2. The van der Waals surface area contributed by atoms with E-state index in [1.54, 1.807) is 30.5 Å². The van der Waals surface area contributed by atoms with Gasteiger partial charge in [0.15, 0.2) is 11.5 Å². The minimum atomic E-state index is -0.310. The van der Waals surface area contributed by atoms with Crippen LogP contribution in [-0.2, 0) is 0 Å². The Morgan fingerprint density at radius 1 is 1.04 bits per heavy atom. The number of nitrogens with one attached hydrogen (secondary N) is 1. The van der Waals surface area contributed by atoms with E-state index in [-0.39, 0.29) is 5.91 Å². The fourth-order valence-corrected chi connectivity index (χ4v) is 3.49. The Labute approximate surface area is 166 Å². The third-order valence-electron chi connectivity index (χ3n) is 3.69. The first-order valence-electron chi connectivity index (χ1n) is 8.03. The molecule has 1 amide bonds. The van der Waals surface area contributed by atoms with E-state index >= 15 is 0 Å². The number of halogens is 1. The molecule has 3 aromatic rings. The van der Waals surface area contributed by atoms with Crippen LogP contribution >= 0.6 is 23.4 Å². The second kappa shape index (κ2) is 8.79. The number of carbonyl (C=O) groups is 1. The van der Waals surface area contributed by atoms with Crippen molar-refractivity contribution in [1.29, 1.82) is 0 Å². The number of hydrogen-bond donors (Lipinski definition) is 1. The summed E-state index contributed by atoms with van der Waals surface area (Å²) in [6.07, 6.45) is 1.66. The molecule has 1 N–H and O–H groups in total. The molecule has 2 aromatic carbocycles. The molecule has 0 fully saturated rings. The fourth-order valence-electron chi connectivity index (χ4n) is 2.38. The predicted molar refractivity (Wildman–Crippen MR) is 107 cm³/mol. The number of ether oxygens (including phenoxy) is 2. The molecule has 1 heterocycles. The monoisotopic (exact) mass is 400 g/mol. The molecule has 0 atom stereocenters. The highest BCUT2D eigenvalue weighted by molar-refractivity contribution is 7.99. The first-order chi connectivity index (χ1) is 13.1. The van der Waals surface area contributed by atoms with Crippen molar-refractivity contribution in [3.63, 3.8) is 0 Å². The maximum absolute atomic E-state index is 12.8. The Kier molecular flexibility index (Phi) is 6.21. The van der Waals surface area contributed by atoms with Crippen LogP contribution in [0.5, 0.6) is 11.5 Å². The van der Waals surface area contributed by atoms with Crippen LogP contribution in [0, 0.1) is 0 Å². The molecule has 0 saturated carbocycles. The number of benzene rings is 2. The molecule has 0 spiro atoms. The highest BCUT2D eigenvalue weighted by Crippen LogP contribution is 2.36. The van der Waals surface area contributed by atoms with Gasteiger partial charge in [-0.2, -0.15) is 0 Å². The van der Waals surface area contributed by atoms with Crippen molar-refractivity contribution in [3.05, 3.63) is 71.4 Å². The number of nitrogens with zero attached hydrogens (tertiary/aromatic N) is 1. The number of rotatable bonds is 6. The first kappa shape index (κ1) is 19.1. The largest absolute Gasteiger partial charge is 0.493 e. The Bertz CT molecular complexity index is 951. The molecule has 5 nitrogen and oxygen atoms in total. The molecule has 3 rings (SSSR count). The highest BCUT2D eigenvalue weighted by Gasteiger charge is 2.17. The molecule has 138 valence electrons. The van der Waals surface area contributed by atoms with Crippen LogP contribution in [0.3, 0.4) is 0 Å². The SMILES string of the molecule is COc1cc(Cl)c(NC(=O)c2cccnc2Sc2ccccc2)cc1OC. The summed E-state index contributed by atoms with van der Waals surface area (Å²) in [7, 11) is 3.04. The zero-order valence-electron chi connectivity index (χ0n) is 14.7. The van der Waals surface area contributed by atoms with Crippen molar-refractivity contribution in [2.45, 2.75) is 9.92 Å². The van der Waals surface area contributed by atoms with Crippen molar-refractivity contribution >= 4 is 35.0 Å². The number of pyridine rings is 1. The van der Waals surface area contributed by atoms with Crippen LogP contribution in [0.4, 0.5) is 5.69 Å². The summed E-state index contributed by atoms with van der Waals surface area (Å²) in [5.41, 5.74) is 0.885. The van der Waals surface area contributed by atoms with Crippen LogP contribution in [-0.4, -0.2) is 25.1 Å². The smallest absolute Gasteiger partial charge is 0.258 e. The van der Waals surface area contributed by atoms with Crippen molar-refractivity contribution < 1.29 is 14.3 Å². The van der Waals surface area contributed by atoms with E-state index < -0.39 is 0 Å². The molecule has 1 aromatic heterocycles. The third-order valence-corrected chi connectivity index (χ3v) is 5.03. The van der Waals surface area contributed by atoms with E-state index in [1.165, 1.54) is 26.0 Å².